The van der Waals surface area contributed by atoms with Crippen molar-refractivity contribution in [2.75, 3.05) is 26.2 Å². The van der Waals surface area contributed by atoms with Gasteiger partial charge in [0.15, 0.2) is 0 Å². The Morgan fingerprint density at radius 2 is 1.96 bits per heavy atom. The summed E-state index contributed by atoms with van der Waals surface area (Å²) in [5, 5.41) is 5.61. The normalized spacial score (nSPS) is 15.5. The van der Waals surface area contributed by atoms with Crippen LogP contribution in [0.25, 0.3) is 0 Å². The van der Waals surface area contributed by atoms with E-state index in [1.165, 1.54) is 0 Å². The van der Waals surface area contributed by atoms with Gasteiger partial charge >= 0.3 is 0 Å². The highest BCUT2D eigenvalue weighted by Gasteiger charge is 2.21. The van der Waals surface area contributed by atoms with Gasteiger partial charge in [0, 0.05) is 61.4 Å². The molecular weight excluding hydrogens is 439 g/mol. The molecule has 26 heavy (non-hydrogen) atoms. The Hall–Kier alpha value is -1.08. The van der Waals surface area contributed by atoms with Crippen LogP contribution in [0.3, 0.4) is 0 Å². The van der Waals surface area contributed by atoms with Crippen LogP contribution < -0.4 is 0 Å². The summed E-state index contributed by atoms with van der Waals surface area (Å²) in [6, 6.07) is 5.60. The predicted molar refractivity (Wildman–Crippen MR) is 108 cm³/mol. The van der Waals surface area contributed by atoms with Gasteiger partial charge in [-0.15, -0.1) is 0 Å². The van der Waals surface area contributed by atoms with Crippen molar-refractivity contribution >= 4 is 45.0 Å². The molecule has 0 N–H and O–H groups in total. The first-order valence-electron chi connectivity index (χ1n) is 8.56. The zero-order valence-electron chi connectivity index (χ0n) is 14.6. The lowest BCUT2D eigenvalue weighted by Gasteiger charge is -2.35. The quantitative estimate of drug-likeness (QED) is 0.678. The molecule has 1 amide bonds. The lowest BCUT2D eigenvalue weighted by Crippen LogP contribution is -2.48. The zero-order valence-corrected chi connectivity index (χ0v) is 17.7. The second-order valence-electron chi connectivity index (χ2n) is 6.44. The van der Waals surface area contributed by atoms with E-state index in [-0.39, 0.29) is 5.91 Å². The highest BCUT2D eigenvalue weighted by molar-refractivity contribution is 9.10. The molecule has 2 heterocycles. The standard InChI is InChI=1S/C18H21BrCl2N4O/c1-13-16(19)11-22-25(13)5-4-18(26)24-8-6-23(7-9-24)12-14-2-3-15(20)10-17(14)21/h2-3,10-11H,4-9,12H2,1H3. The molecule has 1 aromatic carbocycles. The molecule has 0 aliphatic carbocycles. The molecule has 1 aromatic heterocycles. The van der Waals surface area contributed by atoms with E-state index >= 15 is 0 Å². The average Bonchev–Trinajstić information content (AvgIpc) is 2.94. The number of piperazine rings is 1. The van der Waals surface area contributed by atoms with Crippen LogP contribution in [-0.2, 0) is 17.9 Å². The van der Waals surface area contributed by atoms with Crippen LogP contribution in [0.15, 0.2) is 28.9 Å². The van der Waals surface area contributed by atoms with Crippen LogP contribution in [0, 0.1) is 6.92 Å². The van der Waals surface area contributed by atoms with E-state index < -0.39 is 0 Å². The third-order valence-corrected chi connectivity index (χ3v) is 6.08. The Labute approximate surface area is 172 Å². The molecule has 1 saturated heterocycles. The summed E-state index contributed by atoms with van der Waals surface area (Å²) in [5.41, 5.74) is 2.11. The van der Waals surface area contributed by atoms with Crippen LogP contribution in [-0.4, -0.2) is 51.7 Å². The van der Waals surface area contributed by atoms with Gasteiger partial charge in [-0.25, -0.2) is 0 Å². The minimum absolute atomic E-state index is 0.181. The number of hydrogen-bond acceptors (Lipinski definition) is 3. The van der Waals surface area contributed by atoms with Crippen molar-refractivity contribution < 1.29 is 4.79 Å². The predicted octanol–water partition coefficient (Wildman–Crippen LogP) is 4.00. The summed E-state index contributed by atoms with van der Waals surface area (Å²) < 4.78 is 2.83. The van der Waals surface area contributed by atoms with E-state index in [4.69, 9.17) is 23.2 Å². The third kappa shape index (κ3) is 4.80. The molecule has 2 aromatic rings. The summed E-state index contributed by atoms with van der Waals surface area (Å²) in [5.74, 6) is 0.181. The smallest absolute Gasteiger partial charge is 0.224 e. The van der Waals surface area contributed by atoms with E-state index in [1.54, 1.807) is 12.3 Å². The molecule has 5 nitrogen and oxygen atoms in total. The van der Waals surface area contributed by atoms with Crippen LogP contribution >= 0.6 is 39.1 Å². The molecule has 0 saturated carbocycles. The number of halogens is 3. The molecule has 0 unspecified atom stereocenters. The van der Waals surface area contributed by atoms with E-state index in [1.807, 2.05) is 28.6 Å². The van der Waals surface area contributed by atoms with Crippen molar-refractivity contribution in [3.63, 3.8) is 0 Å². The van der Waals surface area contributed by atoms with Gasteiger partial charge in [-0.1, -0.05) is 29.3 Å². The number of benzene rings is 1. The summed E-state index contributed by atoms with van der Waals surface area (Å²) in [4.78, 5) is 16.7. The zero-order chi connectivity index (χ0) is 18.7. The molecule has 0 bridgehead atoms. The fourth-order valence-electron chi connectivity index (χ4n) is 3.05. The number of hydrogen-bond donors (Lipinski definition) is 0. The first kappa shape index (κ1) is 19.7. The lowest BCUT2D eigenvalue weighted by atomic mass is 10.2. The third-order valence-electron chi connectivity index (χ3n) is 4.71. The van der Waals surface area contributed by atoms with E-state index in [2.05, 4.69) is 25.9 Å². The molecule has 1 aliphatic heterocycles. The Morgan fingerprint density at radius 3 is 2.58 bits per heavy atom. The van der Waals surface area contributed by atoms with E-state index in [9.17, 15) is 4.79 Å². The van der Waals surface area contributed by atoms with Crippen LogP contribution in [0.1, 0.15) is 17.7 Å². The van der Waals surface area contributed by atoms with Crippen molar-refractivity contribution in [1.29, 1.82) is 0 Å². The van der Waals surface area contributed by atoms with Crippen molar-refractivity contribution in [3.05, 3.63) is 50.2 Å². The maximum atomic E-state index is 12.5. The number of amides is 1. The van der Waals surface area contributed by atoms with Gasteiger partial charge < -0.3 is 4.90 Å². The number of nitrogens with zero attached hydrogens (tertiary/aromatic N) is 4. The first-order valence-corrected chi connectivity index (χ1v) is 10.1. The van der Waals surface area contributed by atoms with Crippen molar-refractivity contribution in [2.45, 2.75) is 26.4 Å². The summed E-state index contributed by atoms with van der Waals surface area (Å²) in [7, 11) is 0. The molecule has 0 radical (unpaired) electrons. The van der Waals surface area contributed by atoms with Crippen LogP contribution in [0.2, 0.25) is 10.0 Å². The minimum Gasteiger partial charge on any atom is -0.340 e. The number of aromatic nitrogens is 2. The van der Waals surface area contributed by atoms with Crippen LogP contribution in [0.4, 0.5) is 0 Å². The summed E-state index contributed by atoms with van der Waals surface area (Å²) >= 11 is 15.6. The average molecular weight is 460 g/mol. The van der Waals surface area contributed by atoms with Gasteiger partial charge in [0.25, 0.3) is 0 Å². The van der Waals surface area contributed by atoms with E-state index in [0.717, 1.165) is 48.5 Å². The van der Waals surface area contributed by atoms with Gasteiger partial charge in [0.2, 0.25) is 5.91 Å². The molecule has 1 fully saturated rings. The number of carbonyl (C=O) groups excluding carboxylic acids is 1. The molecule has 0 atom stereocenters. The number of carbonyl (C=O) groups is 1. The van der Waals surface area contributed by atoms with Gasteiger partial charge in [-0.2, -0.15) is 5.10 Å². The van der Waals surface area contributed by atoms with Gasteiger partial charge in [-0.05, 0) is 40.5 Å². The topological polar surface area (TPSA) is 41.4 Å². The molecule has 0 spiro atoms. The monoisotopic (exact) mass is 458 g/mol. The van der Waals surface area contributed by atoms with Gasteiger partial charge in [0.1, 0.15) is 0 Å². The van der Waals surface area contributed by atoms with Crippen molar-refractivity contribution in [3.8, 4) is 0 Å². The fraction of sp³-hybridized carbons (Fsp3) is 0.444. The van der Waals surface area contributed by atoms with E-state index in [0.29, 0.717) is 23.0 Å². The summed E-state index contributed by atoms with van der Waals surface area (Å²) in [6.07, 6.45) is 2.23. The molecule has 140 valence electrons. The molecule has 3 rings (SSSR count). The Morgan fingerprint density at radius 1 is 1.23 bits per heavy atom. The maximum absolute atomic E-state index is 12.5. The van der Waals surface area contributed by atoms with Gasteiger partial charge in [-0.3, -0.25) is 14.4 Å². The first-order chi connectivity index (χ1) is 12.4. The second kappa shape index (κ2) is 8.74. The summed E-state index contributed by atoms with van der Waals surface area (Å²) in [6.45, 7) is 6.55. The lowest BCUT2D eigenvalue weighted by molar-refractivity contribution is -0.133. The molecule has 8 heteroatoms. The largest absolute Gasteiger partial charge is 0.340 e. The van der Waals surface area contributed by atoms with Crippen LogP contribution in [0.5, 0.6) is 0 Å². The highest BCUT2D eigenvalue weighted by Crippen LogP contribution is 2.23. The van der Waals surface area contributed by atoms with Gasteiger partial charge in [0.05, 0.1) is 10.7 Å². The second-order valence-corrected chi connectivity index (χ2v) is 8.14. The SMILES string of the molecule is Cc1c(Br)cnn1CCC(=O)N1CCN(Cc2ccc(Cl)cc2Cl)CC1. The maximum Gasteiger partial charge on any atom is 0.224 e. The number of aryl methyl sites for hydroxylation is 1. The van der Waals surface area contributed by atoms with Crippen molar-refractivity contribution in [2.24, 2.45) is 0 Å². The van der Waals surface area contributed by atoms with Crippen molar-refractivity contribution in [1.82, 2.24) is 19.6 Å². The molecule has 1 aliphatic rings. The Balaban J connectivity index is 1.47. The Bertz CT molecular complexity index is 787. The highest BCUT2D eigenvalue weighted by atomic mass is 79.9. The minimum atomic E-state index is 0.181. The fourth-order valence-corrected chi connectivity index (χ4v) is 3.82. The Kier molecular flexibility index (Phi) is 6.61. The number of rotatable bonds is 5. The molecular formula is C18H21BrCl2N4O.